The molecule has 2 aliphatic carbocycles. The SMILES string of the molecule is CCC1(CC)CC(=O)N(C[C@H]2C(C)[C@@H]2C(=O)N[C@H]2c3ccccc3CC2(C)O)C(N)=N1. The van der Waals surface area contributed by atoms with E-state index < -0.39 is 17.2 Å². The van der Waals surface area contributed by atoms with Crippen LogP contribution in [0.5, 0.6) is 0 Å². The van der Waals surface area contributed by atoms with E-state index in [2.05, 4.69) is 10.3 Å². The van der Waals surface area contributed by atoms with Crippen molar-refractivity contribution >= 4 is 17.8 Å². The Morgan fingerprint density at radius 3 is 2.61 bits per heavy atom. The number of carbonyl (C=O) groups is 2. The topological polar surface area (TPSA) is 108 Å². The minimum absolute atomic E-state index is 0.0119. The van der Waals surface area contributed by atoms with Gasteiger partial charge in [-0.1, -0.05) is 45.0 Å². The van der Waals surface area contributed by atoms with Crippen LogP contribution in [0.1, 0.15) is 64.1 Å². The first-order chi connectivity index (χ1) is 14.6. The van der Waals surface area contributed by atoms with Crippen LogP contribution in [0.2, 0.25) is 0 Å². The van der Waals surface area contributed by atoms with Gasteiger partial charge in [-0.15, -0.1) is 0 Å². The number of nitrogens with one attached hydrogen (secondary N) is 1. The summed E-state index contributed by atoms with van der Waals surface area (Å²) in [6.07, 6.45) is 2.43. The summed E-state index contributed by atoms with van der Waals surface area (Å²) in [5.74, 6) is 0.165. The molecule has 0 saturated heterocycles. The highest BCUT2D eigenvalue weighted by Crippen LogP contribution is 2.48. The van der Waals surface area contributed by atoms with Crippen molar-refractivity contribution < 1.29 is 14.7 Å². The average molecular weight is 427 g/mol. The zero-order chi connectivity index (χ0) is 22.6. The van der Waals surface area contributed by atoms with E-state index in [1.54, 1.807) is 11.8 Å². The monoisotopic (exact) mass is 426 g/mol. The standard InChI is InChI=1S/C24H34N4O3/c1-5-24(6-2)12-18(29)28(22(25)27-24)13-17-14(3)19(17)21(30)26-20-16-10-8-7-9-15(16)11-23(20,4)31/h7-10,14,17,19-20,31H,5-6,11-13H2,1-4H3,(H2,25,27)(H,26,30)/t14?,17-,19-,20-,23?/m0/s1. The molecular weight excluding hydrogens is 392 g/mol. The Balaban J connectivity index is 1.44. The predicted octanol–water partition coefficient (Wildman–Crippen LogP) is 2.14. The van der Waals surface area contributed by atoms with Gasteiger partial charge in [-0.05, 0) is 42.7 Å². The molecule has 168 valence electrons. The summed E-state index contributed by atoms with van der Waals surface area (Å²) in [6.45, 7) is 8.27. The van der Waals surface area contributed by atoms with Crippen LogP contribution in [0, 0.1) is 17.8 Å². The van der Waals surface area contributed by atoms with Gasteiger partial charge in [-0.3, -0.25) is 14.5 Å². The van der Waals surface area contributed by atoms with Gasteiger partial charge in [-0.2, -0.15) is 0 Å². The first-order valence-corrected chi connectivity index (χ1v) is 11.4. The van der Waals surface area contributed by atoms with Crippen LogP contribution in [0.4, 0.5) is 0 Å². The van der Waals surface area contributed by atoms with Gasteiger partial charge in [0, 0.05) is 18.9 Å². The smallest absolute Gasteiger partial charge is 0.231 e. The van der Waals surface area contributed by atoms with Crippen molar-refractivity contribution in [3.63, 3.8) is 0 Å². The summed E-state index contributed by atoms with van der Waals surface area (Å²) in [6, 6.07) is 7.41. The fraction of sp³-hybridized carbons (Fsp3) is 0.625. The molecule has 0 radical (unpaired) electrons. The van der Waals surface area contributed by atoms with Crippen molar-refractivity contribution in [3.05, 3.63) is 35.4 Å². The number of fused-ring (bicyclic) bond motifs is 1. The lowest BCUT2D eigenvalue weighted by atomic mass is 9.88. The first kappa shape index (κ1) is 21.8. The third-order valence-corrected chi connectivity index (χ3v) is 7.81. The number of rotatable bonds is 6. The molecular formula is C24H34N4O3. The Morgan fingerprint density at radius 1 is 1.29 bits per heavy atom. The van der Waals surface area contributed by atoms with Gasteiger partial charge in [-0.25, -0.2) is 4.99 Å². The van der Waals surface area contributed by atoms with Gasteiger partial charge < -0.3 is 16.2 Å². The number of aliphatic hydroxyl groups is 1. The first-order valence-electron chi connectivity index (χ1n) is 11.4. The summed E-state index contributed by atoms with van der Waals surface area (Å²) < 4.78 is 0. The van der Waals surface area contributed by atoms with Gasteiger partial charge in [0.05, 0.1) is 23.6 Å². The van der Waals surface area contributed by atoms with Gasteiger partial charge in [0.2, 0.25) is 11.8 Å². The Morgan fingerprint density at radius 2 is 1.97 bits per heavy atom. The fourth-order valence-corrected chi connectivity index (χ4v) is 5.44. The molecule has 1 saturated carbocycles. The van der Waals surface area contributed by atoms with E-state index in [4.69, 9.17) is 5.73 Å². The van der Waals surface area contributed by atoms with E-state index in [0.717, 1.165) is 24.0 Å². The molecule has 2 amide bonds. The number of hydrogen-bond donors (Lipinski definition) is 3. The van der Waals surface area contributed by atoms with Crippen molar-refractivity contribution in [1.82, 2.24) is 10.2 Å². The van der Waals surface area contributed by atoms with Crippen LogP contribution >= 0.6 is 0 Å². The molecule has 2 unspecified atom stereocenters. The lowest BCUT2D eigenvalue weighted by Crippen LogP contribution is -2.52. The molecule has 1 aliphatic heterocycles. The molecule has 1 aromatic carbocycles. The summed E-state index contributed by atoms with van der Waals surface area (Å²) in [4.78, 5) is 32.1. The van der Waals surface area contributed by atoms with Crippen molar-refractivity contribution in [2.24, 2.45) is 28.5 Å². The summed E-state index contributed by atoms with van der Waals surface area (Å²) in [5, 5.41) is 14.0. The largest absolute Gasteiger partial charge is 0.387 e. The van der Waals surface area contributed by atoms with Crippen molar-refractivity contribution in [1.29, 1.82) is 0 Å². The van der Waals surface area contributed by atoms with Crippen LogP contribution in [-0.2, 0) is 16.0 Å². The number of aliphatic imine (C=N–C) groups is 1. The molecule has 5 atom stereocenters. The predicted molar refractivity (Wildman–Crippen MR) is 119 cm³/mol. The van der Waals surface area contributed by atoms with Crippen LogP contribution in [-0.4, -0.2) is 45.5 Å². The molecule has 4 N–H and O–H groups in total. The van der Waals surface area contributed by atoms with E-state index in [0.29, 0.717) is 19.4 Å². The van der Waals surface area contributed by atoms with Crippen molar-refractivity contribution in [2.75, 3.05) is 6.54 Å². The lowest BCUT2D eigenvalue weighted by Gasteiger charge is -2.36. The summed E-state index contributed by atoms with van der Waals surface area (Å²) >= 11 is 0. The maximum Gasteiger partial charge on any atom is 0.231 e. The molecule has 4 rings (SSSR count). The second-order valence-electron chi connectivity index (χ2n) is 9.81. The van der Waals surface area contributed by atoms with E-state index in [-0.39, 0.29) is 35.5 Å². The van der Waals surface area contributed by atoms with Crippen LogP contribution in [0.15, 0.2) is 29.3 Å². The Bertz CT molecular complexity index is 921. The Hall–Kier alpha value is -2.41. The van der Waals surface area contributed by atoms with E-state index in [1.165, 1.54) is 0 Å². The fourth-order valence-electron chi connectivity index (χ4n) is 5.44. The molecule has 0 bridgehead atoms. The summed E-state index contributed by atoms with van der Waals surface area (Å²) in [7, 11) is 0. The quantitative estimate of drug-likeness (QED) is 0.648. The third kappa shape index (κ3) is 3.73. The van der Waals surface area contributed by atoms with Crippen LogP contribution < -0.4 is 11.1 Å². The molecule has 0 aromatic heterocycles. The van der Waals surface area contributed by atoms with E-state index in [1.807, 2.05) is 45.0 Å². The zero-order valence-corrected chi connectivity index (χ0v) is 18.9. The maximum absolute atomic E-state index is 13.1. The number of hydrogen-bond acceptors (Lipinski definition) is 5. The molecule has 7 heteroatoms. The van der Waals surface area contributed by atoms with Gasteiger partial charge in [0.1, 0.15) is 0 Å². The minimum atomic E-state index is -1.02. The van der Waals surface area contributed by atoms with Gasteiger partial charge in [0.25, 0.3) is 0 Å². The molecule has 1 heterocycles. The molecule has 0 spiro atoms. The second-order valence-corrected chi connectivity index (χ2v) is 9.81. The van der Waals surface area contributed by atoms with Gasteiger partial charge >= 0.3 is 0 Å². The summed E-state index contributed by atoms with van der Waals surface area (Å²) in [5.41, 5.74) is 6.81. The Kier molecular flexibility index (Phi) is 5.36. The number of nitrogens with two attached hydrogens (primary N) is 1. The van der Waals surface area contributed by atoms with E-state index >= 15 is 0 Å². The van der Waals surface area contributed by atoms with Crippen LogP contribution in [0.25, 0.3) is 0 Å². The number of benzene rings is 1. The van der Waals surface area contributed by atoms with Crippen LogP contribution in [0.3, 0.4) is 0 Å². The minimum Gasteiger partial charge on any atom is -0.387 e. The highest BCUT2D eigenvalue weighted by Gasteiger charge is 2.55. The van der Waals surface area contributed by atoms with E-state index in [9.17, 15) is 14.7 Å². The highest BCUT2D eigenvalue weighted by molar-refractivity contribution is 5.99. The van der Waals surface area contributed by atoms with Crippen molar-refractivity contribution in [2.45, 2.75) is 70.6 Å². The third-order valence-electron chi connectivity index (χ3n) is 7.81. The number of guanidine groups is 1. The molecule has 3 aliphatic rings. The van der Waals surface area contributed by atoms with Gasteiger partial charge in [0.15, 0.2) is 5.96 Å². The number of nitrogens with zero attached hydrogens (tertiary/aromatic N) is 2. The number of carbonyl (C=O) groups excluding carboxylic acids is 2. The lowest BCUT2D eigenvalue weighted by molar-refractivity contribution is -0.130. The molecule has 7 nitrogen and oxygen atoms in total. The second kappa shape index (κ2) is 7.62. The maximum atomic E-state index is 13.1. The molecule has 1 fully saturated rings. The molecule has 1 aromatic rings. The zero-order valence-electron chi connectivity index (χ0n) is 18.9. The van der Waals surface area contributed by atoms with Crippen molar-refractivity contribution in [3.8, 4) is 0 Å². The number of amides is 2. The normalized spacial score (nSPS) is 33.6. The average Bonchev–Trinajstić information content (AvgIpc) is 3.29. The molecule has 31 heavy (non-hydrogen) atoms. The Labute approximate surface area is 184 Å². The highest BCUT2D eigenvalue weighted by atomic mass is 16.3.